The van der Waals surface area contributed by atoms with Crippen LogP contribution in [0.5, 0.6) is 0 Å². The van der Waals surface area contributed by atoms with E-state index in [0.717, 1.165) is 0 Å². The first-order valence-corrected chi connectivity index (χ1v) is 3.22. The third-order valence-electron chi connectivity index (χ3n) is 1.33. The summed E-state index contributed by atoms with van der Waals surface area (Å²) in [7, 11) is 0. The summed E-state index contributed by atoms with van der Waals surface area (Å²) in [6.45, 7) is 0. The maximum atomic E-state index is 12.1. The SMILES string of the molecule is O=C(O)c1cc(C(F)(F)F)c(=O)[nH]n1. The average molecular weight is 208 g/mol. The lowest BCUT2D eigenvalue weighted by Gasteiger charge is -2.04. The molecule has 0 aliphatic carbocycles. The van der Waals surface area contributed by atoms with Gasteiger partial charge in [-0.05, 0) is 6.07 Å². The second-order valence-electron chi connectivity index (χ2n) is 2.30. The Kier molecular flexibility index (Phi) is 2.28. The standard InChI is InChI=1S/C6H3F3N2O3/c7-6(8,9)2-1-3(5(13)14)10-11-4(2)12/h1H,(H,11,12)(H,13,14). The van der Waals surface area contributed by atoms with Gasteiger partial charge in [0.1, 0.15) is 5.56 Å². The molecule has 0 aliphatic rings. The molecule has 76 valence electrons. The summed E-state index contributed by atoms with van der Waals surface area (Å²) in [5.41, 5.74) is -3.91. The van der Waals surface area contributed by atoms with Crippen molar-refractivity contribution in [1.82, 2.24) is 10.2 Å². The molecule has 1 rings (SSSR count). The van der Waals surface area contributed by atoms with Gasteiger partial charge in [-0.25, -0.2) is 9.89 Å². The highest BCUT2D eigenvalue weighted by Crippen LogP contribution is 2.26. The number of aromatic amines is 1. The Morgan fingerprint density at radius 2 is 2.07 bits per heavy atom. The molecule has 1 heterocycles. The highest BCUT2D eigenvalue weighted by atomic mass is 19.4. The van der Waals surface area contributed by atoms with Crippen molar-refractivity contribution in [2.45, 2.75) is 6.18 Å². The lowest BCUT2D eigenvalue weighted by Crippen LogP contribution is -2.24. The van der Waals surface area contributed by atoms with Gasteiger partial charge >= 0.3 is 12.1 Å². The zero-order chi connectivity index (χ0) is 10.9. The molecular formula is C6H3F3N2O3. The number of alkyl halides is 3. The van der Waals surface area contributed by atoms with E-state index < -0.39 is 29.0 Å². The third kappa shape index (κ3) is 1.90. The quantitative estimate of drug-likeness (QED) is 0.703. The number of aromatic nitrogens is 2. The number of carbonyl (C=O) groups is 1. The summed E-state index contributed by atoms with van der Waals surface area (Å²) in [4.78, 5) is 20.8. The summed E-state index contributed by atoms with van der Waals surface area (Å²) < 4.78 is 36.2. The minimum Gasteiger partial charge on any atom is -0.476 e. The van der Waals surface area contributed by atoms with Crippen molar-refractivity contribution in [2.75, 3.05) is 0 Å². The summed E-state index contributed by atoms with van der Waals surface area (Å²) in [5, 5.41) is 12.7. The minimum absolute atomic E-state index is 0.182. The van der Waals surface area contributed by atoms with Crippen LogP contribution in [0.1, 0.15) is 16.1 Å². The van der Waals surface area contributed by atoms with Crippen LogP contribution in [0.15, 0.2) is 10.9 Å². The highest BCUT2D eigenvalue weighted by Gasteiger charge is 2.35. The number of halogens is 3. The average Bonchev–Trinajstić information content (AvgIpc) is 2.02. The van der Waals surface area contributed by atoms with Gasteiger partial charge in [0, 0.05) is 0 Å². The van der Waals surface area contributed by atoms with Crippen LogP contribution >= 0.6 is 0 Å². The van der Waals surface area contributed by atoms with Crippen LogP contribution in [-0.4, -0.2) is 21.3 Å². The molecule has 0 unspecified atom stereocenters. The Morgan fingerprint density at radius 3 is 2.50 bits per heavy atom. The van der Waals surface area contributed by atoms with E-state index in [-0.39, 0.29) is 6.07 Å². The molecule has 0 saturated carbocycles. The maximum absolute atomic E-state index is 12.1. The molecule has 0 atom stereocenters. The number of carboxylic acids is 1. The molecule has 0 amide bonds. The van der Waals surface area contributed by atoms with Crippen molar-refractivity contribution >= 4 is 5.97 Å². The molecule has 0 fully saturated rings. The largest absolute Gasteiger partial charge is 0.476 e. The van der Waals surface area contributed by atoms with Crippen molar-refractivity contribution in [3.63, 3.8) is 0 Å². The van der Waals surface area contributed by atoms with Gasteiger partial charge in [-0.1, -0.05) is 0 Å². The lowest BCUT2D eigenvalue weighted by molar-refractivity contribution is -0.138. The van der Waals surface area contributed by atoms with Crippen LogP contribution in [0.3, 0.4) is 0 Å². The zero-order valence-electron chi connectivity index (χ0n) is 6.42. The molecule has 0 aromatic carbocycles. The lowest BCUT2D eigenvalue weighted by atomic mass is 10.2. The number of aromatic carboxylic acids is 1. The number of carboxylic acid groups (broad SMARTS) is 1. The normalized spacial score (nSPS) is 11.4. The van der Waals surface area contributed by atoms with E-state index in [1.165, 1.54) is 5.10 Å². The number of hydrogen-bond acceptors (Lipinski definition) is 3. The van der Waals surface area contributed by atoms with Crippen molar-refractivity contribution in [3.8, 4) is 0 Å². The highest BCUT2D eigenvalue weighted by molar-refractivity contribution is 5.85. The van der Waals surface area contributed by atoms with E-state index in [0.29, 0.717) is 0 Å². The Bertz CT molecular complexity index is 423. The molecule has 1 aromatic heterocycles. The molecule has 14 heavy (non-hydrogen) atoms. The van der Waals surface area contributed by atoms with Crippen LogP contribution in [-0.2, 0) is 6.18 Å². The first-order chi connectivity index (χ1) is 6.32. The summed E-state index contributed by atoms with van der Waals surface area (Å²) in [6.07, 6.45) is -4.89. The fourth-order valence-electron chi connectivity index (χ4n) is 0.726. The number of hydrogen-bond donors (Lipinski definition) is 2. The Hall–Kier alpha value is -1.86. The molecule has 0 aliphatic heterocycles. The van der Waals surface area contributed by atoms with Gasteiger partial charge in [0.25, 0.3) is 5.56 Å². The van der Waals surface area contributed by atoms with Crippen molar-refractivity contribution in [3.05, 3.63) is 27.7 Å². The molecule has 0 radical (unpaired) electrons. The van der Waals surface area contributed by atoms with Gasteiger partial charge < -0.3 is 5.11 Å². The first kappa shape index (κ1) is 10.2. The minimum atomic E-state index is -4.89. The maximum Gasteiger partial charge on any atom is 0.421 e. The van der Waals surface area contributed by atoms with E-state index in [1.54, 1.807) is 0 Å². The van der Waals surface area contributed by atoms with Gasteiger partial charge in [-0.15, -0.1) is 0 Å². The van der Waals surface area contributed by atoms with Crippen molar-refractivity contribution in [2.24, 2.45) is 0 Å². The van der Waals surface area contributed by atoms with E-state index in [9.17, 15) is 22.8 Å². The number of rotatable bonds is 1. The van der Waals surface area contributed by atoms with Gasteiger partial charge in [0.2, 0.25) is 0 Å². The third-order valence-corrected chi connectivity index (χ3v) is 1.33. The second-order valence-corrected chi connectivity index (χ2v) is 2.30. The zero-order valence-corrected chi connectivity index (χ0v) is 6.42. The van der Waals surface area contributed by atoms with Gasteiger partial charge in [-0.2, -0.15) is 18.3 Å². The fourth-order valence-corrected chi connectivity index (χ4v) is 0.726. The van der Waals surface area contributed by atoms with E-state index in [2.05, 4.69) is 5.10 Å². The fraction of sp³-hybridized carbons (Fsp3) is 0.167. The van der Waals surface area contributed by atoms with Crippen LogP contribution < -0.4 is 5.56 Å². The van der Waals surface area contributed by atoms with Crippen LogP contribution in [0.2, 0.25) is 0 Å². The molecule has 0 saturated heterocycles. The molecule has 1 aromatic rings. The second kappa shape index (κ2) is 3.13. The summed E-state index contributed by atoms with van der Waals surface area (Å²) in [6, 6.07) is 0.182. The van der Waals surface area contributed by atoms with Crippen LogP contribution in [0.4, 0.5) is 13.2 Å². The van der Waals surface area contributed by atoms with Gasteiger partial charge in [-0.3, -0.25) is 4.79 Å². The summed E-state index contributed by atoms with van der Waals surface area (Å²) >= 11 is 0. The Morgan fingerprint density at radius 1 is 1.50 bits per heavy atom. The molecule has 0 spiro atoms. The van der Waals surface area contributed by atoms with E-state index in [1.807, 2.05) is 0 Å². The smallest absolute Gasteiger partial charge is 0.421 e. The number of nitrogens with one attached hydrogen (secondary N) is 1. The first-order valence-electron chi connectivity index (χ1n) is 3.22. The van der Waals surface area contributed by atoms with Crippen molar-refractivity contribution in [1.29, 1.82) is 0 Å². The molecule has 0 bridgehead atoms. The van der Waals surface area contributed by atoms with Crippen LogP contribution in [0, 0.1) is 0 Å². The van der Waals surface area contributed by atoms with Crippen LogP contribution in [0.25, 0.3) is 0 Å². The molecule has 5 nitrogen and oxygen atoms in total. The number of H-pyrrole nitrogens is 1. The topological polar surface area (TPSA) is 83.0 Å². The molecule has 8 heteroatoms. The predicted molar refractivity (Wildman–Crippen MR) is 36.8 cm³/mol. The predicted octanol–water partition coefficient (Wildman–Crippen LogP) is 0.487. The number of nitrogens with zero attached hydrogens (tertiary/aromatic N) is 1. The Balaban J connectivity index is 3.37. The molecule has 2 N–H and O–H groups in total. The van der Waals surface area contributed by atoms with Gasteiger partial charge in [0.15, 0.2) is 5.69 Å². The monoisotopic (exact) mass is 208 g/mol. The van der Waals surface area contributed by atoms with Gasteiger partial charge in [0.05, 0.1) is 0 Å². The van der Waals surface area contributed by atoms with E-state index >= 15 is 0 Å². The van der Waals surface area contributed by atoms with E-state index in [4.69, 9.17) is 5.11 Å². The Labute approximate surface area is 74.2 Å². The summed E-state index contributed by atoms with van der Waals surface area (Å²) in [5.74, 6) is -1.65. The van der Waals surface area contributed by atoms with Crippen molar-refractivity contribution < 1.29 is 23.1 Å². The molecular weight excluding hydrogens is 205 g/mol.